The van der Waals surface area contributed by atoms with Crippen LogP contribution in [0.1, 0.15) is 38.2 Å². The lowest BCUT2D eigenvalue weighted by Gasteiger charge is -2.14. The standard InChI is InChI=1S/C25H22ClN3O5S2/c1-4-34-25(31)22-21(20-14(2)13-15(3)27-24(20)35-22)28-23(30)18-7-5-6-8-19(18)29-36(32,33)17-11-9-16(26)10-12-17/h5-13,29H,4H2,1-3H3,(H,28,30). The lowest BCUT2D eigenvalue weighted by molar-refractivity contribution is 0.0533. The van der Waals surface area contributed by atoms with Gasteiger partial charge in [0.05, 0.1) is 28.4 Å². The molecule has 8 nitrogen and oxygen atoms in total. The number of carbonyl (C=O) groups excluding carboxylic acids is 2. The van der Waals surface area contributed by atoms with Crippen molar-refractivity contribution in [1.82, 2.24) is 4.98 Å². The van der Waals surface area contributed by atoms with E-state index in [0.717, 1.165) is 22.6 Å². The van der Waals surface area contributed by atoms with Crippen LogP contribution in [0.3, 0.4) is 0 Å². The van der Waals surface area contributed by atoms with Crippen LogP contribution >= 0.6 is 22.9 Å². The first-order chi connectivity index (χ1) is 17.1. The van der Waals surface area contributed by atoms with Crippen LogP contribution in [0.15, 0.2) is 59.5 Å². The number of fused-ring (bicyclic) bond motifs is 1. The van der Waals surface area contributed by atoms with E-state index in [0.29, 0.717) is 15.2 Å². The number of aryl methyl sites for hydroxylation is 2. The smallest absolute Gasteiger partial charge is 0.350 e. The Kier molecular flexibility index (Phi) is 7.30. The zero-order valence-electron chi connectivity index (χ0n) is 19.6. The number of thiophene rings is 1. The number of ether oxygens (including phenoxy) is 1. The van der Waals surface area contributed by atoms with Gasteiger partial charge in [0.15, 0.2) is 0 Å². The topological polar surface area (TPSA) is 114 Å². The number of sulfonamides is 1. The van der Waals surface area contributed by atoms with Gasteiger partial charge in [-0.05, 0) is 68.8 Å². The van der Waals surface area contributed by atoms with Gasteiger partial charge in [-0.25, -0.2) is 18.2 Å². The third kappa shape index (κ3) is 5.20. The average molecular weight is 544 g/mol. The van der Waals surface area contributed by atoms with Gasteiger partial charge < -0.3 is 10.1 Å². The van der Waals surface area contributed by atoms with Gasteiger partial charge >= 0.3 is 5.97 Å². The quantitative estimate of drug-likeness (QED) is 0.285. The van der Waals surface area contributed by atoms with Crippen molar-refractivity contribution in [3.8, 4) is 0 Å². The maximum atomic E-state index is 13.4. The number of benzene rings is 2. The second-order valence-corrected chi connectivity index (χ2v) is 11.0. The van der Waals surface area contributed by atoms with Gasteiger partial charge in [0, 0.05) is 16.1 Å². The number of amides is 1. The number of nitrogens with zero attached hydrogens (tertiary/aromatic N) is 1. The van der Waals surface area contributed by atoms with E-state index in [4.69, 9.17) is 16.3 Å². The predicted molar refractivity (Wildman–Crippen MR) is 142 cm³/mol. The van der Waals surface area contributed by atoms with Crippen LogP contribution in [0, 0.1) is 13.8 Å². The van der Waals surface area contributed by atoms with Crippen molar-refractivity contribution in [2.24, 2.45) is 0 Å². The Morgan fingerprint density at radius 2 is 1.78 bits per heavy atom. The Balaban J connectivity index is 1.73. The van der Waals surface area contributed by atoms with Gasteiger partial charge in [0.2, 0.25) is 0 Å². The van der Waals surface area contributed by atoms with E-state index in [1.165, 1.54) is 36.4 Å². The van der Waals surface area contributed by atoms with Crippen molar-refractivity contribution < 1.29 is 22.7 Å². The minimum absolute atomic E-state index is 0.00685. The zero-order chi connectivity index (χ0) is 26.0. The Morgan fingerprint density at radius 1 is 1.08 bits per heavy atom. The summed E-state index contributed by atoms with van der Waals surface area (Å²) in [6.45, 7) is 5.57. The van der Waals surface area contributed by atoms with Crippen molar-refractivity contribution in [2.45, 2.75) is 25.7 Å². The van der Waals surface area contributed by atoms with Gasteiger partial charge in [-0.2, -0.15) is 0 Å². The molecule has 2 aromatic carbocycles. The Hall–Kier alpha value is -3.47. The Labute approximate surface area is 217 Å². The van der Waals surface area contributed by atoms with E-state index in [1.54, 1.807) is 19.1 Å². The molecular weight excluding hydrogens is 522 g/mol. The van der Waals surface area contributed by atoms with E-state index in [2.05, 4.69) is 15.0 Å². The molecule has 186 valence electrons. The van der Waals surface area contributed by atoms with Crippen LogP contribution in [0.5, 0.6) is 0 Å². The first-order valence-corrected chi connectivity index (χ1v) is 13.5. The van der Waals surface area contributed by atoms with Crippen LogP contribution < -0.4 is 10.0 Å². The van der Waals surface area contributed by atoms with E-state index in [9.17, 15) is 18.0 Å². The second kappa shape index (κ2) is 10.3. The number of rotatable bonds is 7. The largest absolute Gasteiger partial charge is 0.462 e. The summed E-state index contributed by atoms with van der Waals surface area (Å²) in [6.07, 6.45) is 0. The molecule has 1 amide bonds. The lowest BCUT2D eigenvalue weighted by atomic mass is 10.1. The number of pyridine rings is 1. The van der Waals surface area contributed by atoms with Crippen LogP contribution in [0.2, 0.25) is 5.02 Å². The number of carbonyl (C=O) groups is 2. The van der Waals surface area contributed by atoms with Gasteiger partial charge in [-0.15, -0.1) is 11.3 Å². The normalized spacial score (nSPS) is 11.3. The van der Waals surface area contributed by atoms with Crippen LogP contribution in [0.25, 0.3) is 10.2 Å². The van der Waals surface area contributed by atoms with E-state index in [1.807, 2.05) is 19.9 Å². The number of anilines is 2. The third-order valence-electron chi connectivity index (χ3n) is 5.23. The maximum Gasteiger partial charge on any atom is 0.350 e. The molecular formula is C25H22ClN3O5S2. The Morgan fingerprint density at radius 3 is 2.47 bits per heavy atom. The molecule has 0 saturated heterocycles. The molecule has 4 aromatic rings. The first-order valence-electron chi connectivity index (χ1n) is 10.9. The zero-order valence-corrected chi connectivity index (χ0v) is 22.0. The predicted octanol–water partition coefficient (Wildman–Crippen LogP) is 5.80. The molecule has 0 spiro atoms. The highest BCUT2D eigenvalue weighted by atomic mass is 35.5. The summed E-state index contributed by atoms with van der Waals surface area (Å²) < 4.78 is 33.5. The summed E-state index contributed by atoms with van der Waals surface area (Å²) in [5.74, 6) is -1.18. The lowest BCUT2D eigenvalue weighted by Crippen LogP contribution is -2.19. The molecule has 0 aliphatic heterocycles. The van der Waals surface area contributed by atoms with Crippen molar-refractivity contribution in [1.29, 1.82) is 0 Å². The number of hydrogen-bond acceptors (Lipinski definition) is 7. The fourth-order valence-corrected chi connectivity index (χ4v) is 6.02. The molecule has 2 N–H and O–H groups in total. The van der Waals surface area contributed by atoms with Crippen molar-refractivity contribution in [3.05, 3.63) is 81.3 Å². The molecule has 0 fully saturated rings. The fourth-order valence-electron chi connectivity index (χ4n) is 3.67. The van der Waals surface area contributed by atoms with Gasteiger partial charge in [-0.3, -0.25) is 9.52 Å². The first kappa shape index (κ1) is 25.6. The van der Waals surface area contributed by atoms with Crippen molar-refractivity contribution in [2.75, 3.05) is 16.6 Å². The third-order valence-corrected chi connectivity index (χ3v) is 7.92. The second-order valence-electron chi connectivity index (χ2n) is 7.85. The molecule has 2 aromatic heterocycles. The SMILES string of the molecule is CCOC(=O)c1sc2nc(C)cc(C)c2c1NC(=O)c1ccccc1NS(=O)(=O)c1ccc(Cl)cc1. The summed E-state index contributed by atoms with van der Waals surface area (Å²) >= 11 is 7.00. The highest BCUT2D eigenvalue weighted by Crippen LogP contribution is 2.38. The molecule has 0 aliphatic carbocycles. The maximum absolute atomic E-state index is 13.4. The van der Waals surface area contributed by atoms with Gasteiger partial charge in [0.1, 0.15) is 9.71 Å². The Bertz CT molecular complexity index is 1580. The number of nitrogens with one attached hydrogen (secondary N) is 2. The minimum Gasteiger partial charge on any atom is -0.462 e. The molecule has 0 radical (unpaired) electrons. The summed E-state index contributed by atoms with van der Waals surface area (Å²) in [4.78, 5) is 31.4. The number of halogens is 1. The average Bonchev–Trinajstić information content (AvgIpc) is 3.18. The molecule has 4 rings (SSSR count). The molecule has 2 heterocycles. The molecule has 0 atom stereocenters. The van der Waals surface area contributed by atoms with Crippen LogP contribution in [0.4, 0.5) is 11.4 Å². The highest BCUT2D eigenvalue weighted by molar-refractivity contribution is 7.92. The fraction of sp³-hybridized carbons (Fsp3) is 0.160. The molecule has 0 aliphatic rings. The summed E-state index contributed by atoms with van der Waals surface area (Å²) in [5, 5.41) is 3.82. The van der Waals surface area contributed by atoms with Gasteiger partial charge in [-0.1, -0.05) is 23.7 Å². The summed E-state index contributed by atoms with van der Waals surface area (Å²) in [7, 11) is -3.99. The monoisotopic (exact) mass is 543 g/mol. The van der Waals surface area contributed by atoms with E-state index >= 15 is 0 Å². The molecule has 36 heavy (non-hydrogen) atoms. The summed E-state index contributed by atoms with van der Waals surface area (Å²) in [6, 6.07) is 13.7. The van der Waals surface area contributed by atoms with Crippen molar-refractivity contribution >= 4 is 66.4 Å². The van der Waals surface area contributed by atoms with Gasteiger partial charge in [0.25, 0.3) is 15.9 Å². The minimum atomic E-state index is -3.99. The van der Waals surface area contributed by atoms with Crippen molar-refractivity contribution in [3.63, 3.8) is 0 Å². The highest BCUT2D eigenvalue weighted by Gasteiger charge is 2.25. The molecule has 0 bridgehead atoms. The molecule has 11 heteroatoms. The van der Waals surface area contributed by atoms with E-state index < -0.39 is 21.9 Å². The number of esters is 1. The van der Waals surface area contributed by atoms with Crippen LogP contribution in [-0.4, -0.2) is 31.9 Å². The van der Waals surface area contributed by atoms with Crippen LogP contribution in [-0.2, 0) is 14.8 Å². The van der Waals surface area contributed by atoms with E-state index in [-0.39, 0.29) is 33.3 Å². The molecule has 0 saturated carbocycles. The summed E-state index contributed by atoms with van der Waals surface area (Å²) in [5.41, 5.74) is 2.03. The number of hydrogen-bond donors (Lipinski definition) is 2. The number of para-hydroxylation sites is 1. The molecule has 0 unspecified atom stereocenters. The number of aromatic nitrogens is 1.